The molecule has 6 heteroatoms. The molecule has 1 atom stereocenters. The van der Waals surface area contributed by atoms with E-state index < -0.39 is 24.3 Å². The normalized spacial score (nSPS) is 14.4. The summed E-state index contributed by atoms with van der Waals surface area (Å²) < 4.78 is 47.8. The van der Waals surface area contributed by atoms with E-state index in [1.807, 2.05) is 0 Å². The van der Waals surface area contributed by atoms with E-state index in [4.69, 9.17) is 0 Å². The van der Waals surface area contributed by atoms with E-state index in [2.05, 4.69) is 0 Å². The third-order valence-corrected chi connectivity index (χ3v) is 1.57. The Hall–Kier alpha value is -0.810. The molecular weight excluding hydrogens is 190 g/mol. The van der Waals surface area contributed by atoms with Crippen molar-refractivity contribution in [1.29, 1.82) is 0 Å². The minimum Gasteiger partial charge on any atom is -0.348 e. The van der Waals surface area contributed by atoms with Gasteiger partial charge >= 0.3 is 12.3 Å². The predicted molar refractivity (Wildman–Crippen MR) is 38.8 cm³/mol. The molecule has 0 bridgehead atoms. The molecule has 0 heterocycles. The maximum absolute atomic E-state index is 12.3. The van der Waals surface area contributed by atoms with Crippen molar-refractivity contribution in [3.05, 3.63) is 0 Å². The van der Waals surface area contributed by atoms with Crippen LogP contribution in [0.15, 0.2) is 0 Å². The van der Waals surface area contributed by atoms with Crippen LogP contribution in [0.1, 0.15) is 20.3 Å². The molecule has 13 heavy (non-hydrogen) atoms. The van der Waals surface area contributed by atoms with Crippen molar-refractivity contribution < 1.29 is 22.4 Å². The summed E-state index contributed by atoms with van der Waals surface area (Å²) in [5, 5.41) is 1.78. The molecule has 0 aromatic rings. The van der Waals surface area contributed by atoms with E-state index in [-0.39, 0.29) is 0 Å². The Balaban J connectivity index is 4.25. The number of halogens is 4. The lowest BCUT2D eigenvalue weighted by atomic mass is 10.2. The fraction of sp³-hybridized carbons (Fsp3) is 0.857. The van der Waals surface area contributed by atoms with Gasteiger partial charge in [-0.05, 0) is 13.3 Å². The van der Waals surface area contributed by atoms with E-state index >= 15 is 0 Å². The van der Waals surface area contributed by atoms with Gasteiger partial charge in [0.05, 0.1) is 0 Å². The van der Waals surface area contributed by atoms with Crippen LogP contribution >= 0.6 is 0 Å². The molecule has 0 spiro atoms. The Morgan fingerprint density at radius 2 is 1.92 bits per heavy atom. The van der Waals surface area contributed by atoms with Crippen LogP contribution in [0.2, 0.25) is 0 Å². The van der Waals surface area contributed by atoms with Gasteiger partial charge in [-0.25, -0.2) is 8.78 Å². The molecule has 78 valence electrons. The number of rotatable bonds is 4. The number of hydrogen-bond donors (Lipinski definition) is 1. The van der Waals surface area contributed by atoms with Gasteiger partial charge in [0.15, 0.2) is 0 Å². The molecule has 0 rings (SSSR count). The molecule has 0 aliphatic heterocycles. The summed E-state index contributed by atoms with van der Waals surface area (Å²) in [5.74, 6) is -6.51. The maximum Gasteiger partial charge on any atom is 0.383 e. The highest BCUT2D eigenvalue weighted by Gasteiger charge is 2.49. The van der Waals surface area contributed by atoms with Crippen LogP contribution in [0.4, 0.5) is 17.6 Å². The number of amides is 1. The summed E-state index contributed by atoms with van der Waals surface area (Å²) in [4.78, 5) is 10.5. The summed E-state index contributed by atoms with van der Waals surface area (Å²) in [5.41, 5.74) is 0. The Kier molecular flexibility index (Phi) is 4.16. The van der Waals surface area contributed by atoms with Gasteiger partial charge in [-0.15, -0.1) is 0 Å². The van der Waals surface area contributed by atoms with Crippen molar-refractivity contribution in [2.45, 2.75) is 38.7 Å². The van der Waals surface area contributed by atoms with Crippen molar-refractivity contribution in [2.75, 3.05) is 0 Å². The molecule has 2 nitrogen and oxygen atoms in total. The van der Waals surface area contributed by atoms with Gasteiger partial charge in [0.1, 0.15) is 0 Å². The monoisotopic (exact) mass is 201 g/mol. The van der Waals surface area contributed by atoms with E-state index in [1.54, 1.807) is 12.2 Å². The van der Waals surface area contributed by atoms with Gasteiger partial charge in [-0.3, -0.25) is 4.79 Å². The fourth-order valence-electron chi connectivity index (χ4n) is 0.521. The molecule has 0 saturated carbocycles. The third kappa shape index (κ3) is 3.20. The molecule has 0 aromatic carbocycles. The van der Waals surface area contributed by atoms with Gasteiger partial charge in [0, 0.05) is 6.04 Å². The molecule has 0 radical (unpaired) electrons. The van der Waals surface area contributed by atoms with E-state index in [0.717, 1.165) is 0 Å². The minimum absolute atomic E-state index is 0.408. The predicted octanol–water partition coefficient (Wildman–Crippen LogP) is 1.80. The lowest BCUT2D eigenvalue weighted by Gasteiger charge is -2.17. The number of carbonyl (C=O) groups excluding carboxylic acids is 1. The Bertz CT molecular complexity index is 183. The summed E-state index contributed by atoms with van der Waals surface area (Å²) in [7, 11) is 0. The van der Waals surface area contributed by atoms with Crippen LogP contribution in [0, 0.1) is 0 Å². The average Bonchev–Trinajstić information content (AvgIpc) is 2.03. The lowest BCUT2D eigenvalue weighted by Crippen LogP contribution is -2.48. The van der Waals surface area contributed by atoms with Crippen molar-refractivity contribution in [3.63, 3.8) is 0 Å². The highest BCUT2D eigenvalue weighted by molar-refractivity contribution is 5.84. The van der Waals surface area contributed by atoms with Crippen LogP contribution in [0.25, 0.3) is 0 Å². The molecular formula is C7H11F4NO. The lowest BCUT2D eigenvalue weighted by molar-refractivity contribution is -0.170. The zero-order chi connectivity index (χ0) is 10.6. The van der Waals surface area contributed by atoms with Gasteiger partial charge in [0.25, 0.3) is 5.91 Å². The second-order valence-electron chi connectivity index (χ2n) is 2.71. The number of nitrogens with one attached hydrogen (secondary N) is 1. The van der Waals surface area contributed by atoms with Gasteiger partial charge in [-0.1, -0.05) is 6.92 Å². The summed E-state index contributed by atoms with van der Waals surface area (Å²) >= 11 is 0. The molecule has 1 unspecified atom stereocenters. The van der Waals surface area contributed by atoms with Crippen LogP contribution < -0.4 is 5.32 Å². The zero-order valence-electron chi connectivity index (χ0n) is 7.28. The average molecular weight is 201 g/mol. The first-order chi connectivity index (χ1) is 5.82. The van der Waals surface area contributed by atoms with Gasteiger partial charge in [0.2, 0.25) is 0 Å². The second kappa shape index (κ2) is 4.43. The summed E-state index contributed by atoms with van der Waals surface area (Å²) in [6, 6.07) is -0.530. The molecule has 0 aromatic heterocycles. The molecule has 0 aliphatic rings. The van der Waals surface area contributed by atoms with Crippen molar-refractivity contribution in [2.24, 2.45) is 0 Å². The van der Waals surface area contributed by atoms with Crippen molar-refractivity contribution in [1.82, 2.24) is 5.32 Å². The SMILES string of the molecule is CCC(C)NC(=O)C(F)(F)C(F)F. The topological polar surface area (TPSA) is 29.1 Å². The Morgan fingerprint density at radius 3 is 2.23 bits per heavy atom. The quantitative estimate of drug-likeness (QED) is 0.690. The third-order valence-electron chi connectivity index (χ3n) is 1.57. The largest absolute Gasteiger partial charge is 0.383 e. The standard InChI is InChI=1S/C7H11F4NO/c1-3-4(2)12-6(13)7(10,11)5(8)9/h4-5H,3H2,1-2H3,(H,12,13). The van der Waals surface area contributed by atoms with Crippen molar-refractivity contribution in [3.8, 4) is 0 Å². The first-order valence-corrected chi connectivity index (χ1v) is 3.79. The smallest absolute Gasteiger partial charge is 0.348 e. The van der Waals surface area contributed by atoms with Crippen LogP contribution in [0.5, 0.6) is 0 Å². The summed E-state index contributed by atoms with van der Waals surface area (Å²) in [6.07, 6.45) is -3.55. The first-order valence-electron chi connectivity index (χ1n) is 3.79. The van der Waals surface area contributed by atoms with E-state index in [1.165, 1.54) is 6.92 Å². The Morgan fingerprint density at radius 1 is 1.46 bits per heavy atom. The van der Waals surface area contributed by atoms with Crippen molar-refractivity contribution >= 4 is 5.91 Å². The highest BCUT2D eigenvalue weighted by Crippen LogP contribution is 2.22. The van der Waals surface area contributed by atoms with Gasteiger partial charge in [-0.2, -0.15) is 8.78 Å². The molecule has 0 aliphatic carbocycles. The highest BCUT2D eigenvalue weighted by atomic mass is 19.3. The van der Waals surface area contributed by atoms with E-state index in [9.17, 15) is 22.4 Å². The first kappa shape index (κ1) is 12.2. The van der Waals surface area contributed by atoms with Crippen LogP contribution in [0.3, 0.4) is 0 Å². The number of hydrogen-bond acceptors (Lipinski definition) is 1. The molecule has 1 amide bonds. The number of alkyl halides is 4. The molecule has 0 saturated heterocycles. The zero-order valence-corrected chi connectivity index (χ0v) is 7.28. The second-order valence-corrected chi connectivity index (χ2v) is 2.71. The number of carbonyl (C=O) groups is 1. The fourth-order valence-corrected chi connectivity index (χ4v) is 0.521. The minimum atomic E-state index is -4.59. The van der Waals surface area contributed by atoms with E-state index in [0.29, 0.717) is 6.42 Å². The molecule has 1 N–H and O–H groups in total. The summed E-state index contributed by atoms with van der Waals surface area (Å²) in [6.45, 7) is 3.10. The van der Waals surface area contributed by atoms with Crippen LogP contribution in [-0.2, 0) is 4.79 Å². The maximum atomic E-state index is 12.3. The van der Waals surface area contributed by atoms with Gasteiger partial charge < -0.3 is 5.32 Å². The Labute approximate surface area is 73.3 Å². The molecule has 0 fully saturated rings. The van der Waals surface area contributed by atoms with Crippen LogP contribution in [-0.4, -0.2) is 24.3 Å².